The van der Waals surface area contributed by atoms with Gasteiger partial charge >= 0.3 is 0 Å². The van der Waals surface area contributed by atoms with E-state index < -0.39 is 5.79 Å². The summed E-state index contributed by atoms with van der Waals surface area (Å²) in [7, 11) is 1.93. The van der Waals surface area contributed by atoms with E-state index in [1.807, 2.05) is 18.0 Å². The predicted molar refractivity (Wildman–Crippen MR) is 110 cm³/mol. The maximum Gasteiger partial charge on any atom is 0.227 e. The van der Waals surface area contributed by atoms with Crippen molar-refractivity contribution in [3.8, 4) is 0 Å². The Morgan fingerprint density at radius 1 is 1.21 bits per heavy atom. The molecular formula is C21H28Cl2N2O3. The molecule has 1 aliphatic carbocycles. The number of ether oxygens (including phenoxy) is 2. The van der Waals surface area contributed by atoms with Crippen molar-refractivity contribution in [1.82, 2.24) is 9.80 Å². The smallest absolute Gasteiger partial charge is 0.227 e. The number of hydrogen-bond donors (Lipinski definition) is 0. The van der Waals surface area contributed by atoms with E-state index in [1.165, 1.54) is 12.8 Å². The van der Waals surface area contributed by atoms with Gasteiger partial charge < -0.3 is 14.4 Å². The lowest BCUT2D eigenvalue weighted by Crippen LogP contribution is -2.58. The fraction of sp³-hybridized carbons (Fsp3) is 0.667. The highest BCUT2D eigenvalue weighted by atomic mass is 35.5. The Balaban J connectivity index is 1.48. The third-order valence-electron chi connectivity index (χ3n) is 6.44. The number of carbonyl (C=O) groups excluding carboxylic acids is 1. The van der Waals surface area contributed by atoms with Gasteiger partial charge in [-0.3, -0.25) is 9.69 Å². The summed E-state index contributed by atoms with van der Waals surface area (Å²) in [4.78, 5) is 17.5. The predicted octanol–water partition coefficient (Wildman–Crippen LogP) is 3.75. The fourth-order valence-electron chi connectivity index (χ4n) is 4.91. The van der Waals surface area contributed by atoms with Crippen molar-refractivity contribution in [3.63, 3.8) is 0 Å². The van der Waals surface area contributed by atoms with Gasteiger partial charge in [0.15, 0.2) is 5.79 Å². The molecule has 1 saturated carbocycles. The summed E-state index contributed by atoms with van der Waals surface area (Å²) in [6.07, 6.45) is 5.34. The van der Waals surface area contributed by atoms with Crippen molar-refractivity contribution in [2.45, 2.75) is 56.4 Å². The third kappa shape index (κ3) is 4.19. The van der Waals surface area contributed by atoms with Crippen LogP contribution in [-0.4, -0.2) is 66.9 Å². The quantitative estimate of drug-likeness (QED) is 0.734. The summed E-state index contributed by atoms with van der Waals surface area (Å²) in [5.74, 6) is -0.339. The number of carbonyl (C=O) groups is 1. The summed E-state index contributed by atoms with van der Waals surface area (Å²) in [5, 5.41) is 0.995. The second-order valence-electron chi connectivity index (χ2n) is 8.16. The fourth-order valence-corrected chi connectivity index (χ4v) is 5.23. The summed E-state index contributed by atoms with van der Waals surface area (Å²) >= 11 is 12.1. The lowest BCUT2D eigenvalue weighted by Gasteiger charge is -2.47. The lowest BCUT2D eigenvalue weighted by atomic mass is 9.83. The molecule has 0 radical (unpaired) electrons. The van der Waals surface area contributed by atoms with Crippen LogP contribution in [0.1, 0.15) is 37.7 Å². The SMILES string of the molecule is CN(C(=O)Cc1ccc(Cl)c(Cl)c1)[C@@H]1CCC2(C[C@H]1N1CCCC1)OCCO2. The van der Waals surface area contributed by atoms with Gasteiger partial charge in [0.1, 0.15) is 0 Å². The van der Waals surface area contributed by atoms with Crippen molar-refractivity contribution in [2.24, 2.45) is 0 Å². The highest BCUT2D eigenvalue weighted by Crippen LogP contribution is 2.40. The molecule has 5 nitrogen and oxygen atoms in total. The van der Waals surface area contributed by atoms with Crippen LogP contribution in [0.3, 0.4) is 0 Å². The van der Waals surface area contributed by atoms with Crippen LogP contribution < -0.4 is 0 Å². The molecule has 2 saturated heterocycles. The molecule has 3 aliphatic rings. The number of nitrogens with zero attached hydrogens (tertiary/aromatic N) is 2. The van der Waals surface area contributed by atoms with E-state index in [2.05, 4.69) is 4.90 Å². The maximum absolute atomic E-state index is 13.0. The average Bonchev–Trinajstić information content (AvgIpc) is 3.37. The summed E-state index contributed by atoms with van der Waals surface area (Å²) in [6, 6.07) is 5.85. The number of halogens is 2. The van der Waals surface area contributed by atoms with E-state index in [1.54, 1.807) is 12.1 Å². The molecule has 28 heavy (non-hydrogen) atoms. The van der Waals surface area contributed by atoms with E-state index in [0.717, 1.165) is 37.9 Å². The first kappa shape index (κ1) is 20.4. The molecule has 1 aromatic carbocycles. The van der Waals surface area contributed by atoms with Gasteiger partial charge in [-0.2, -0.15) is 0 Å². The molecule has 3 fully saturated rings. The highest BCUT2D eigenvalue weighted by Gasteiger charge is 2.48. The number of likely N-dealkylation sites (tertiary alicyclic amines) is 1. The zero-order chi connectivity index (χ0) is 19.7. The van der Waals surface area contributed by atoms with Crippen LogP contribution in [0.4, 0.5) is 0 Å². The van der Waals surface area contributed by atoms with Crippen LogP contribution in [0.25, 0.3) is 0 Å². The molecule has 2 aliphatic heterocycles. The minimum atomic E-state index is -0.447. The Bertz CT molecular complexity index is 718. The molecular weight excluding hydrogens is 399 g/mol. The Labute approximate surface area is 176 Å². The molecule has 0 bridgehead atoms. The lowest BCUT2D eigenvalue weighted by molar-refractivity contribution is -0.198. The van der Waals surface area contributed by atoms with Crippen LogP contribution in [0, 0.1) is 0 Å². The Hall–Kier alpha value is -0.850. The van der Waals surface area contributed by atoms with E-state index in [0.29, 0.717) is 29.7 Å². The van der Waals surface area contributed by atoms with Crippen molar-refractivity contribution >= 4 is 29.1 Å². The summed E-state index contributed by atoms with van der Waals surface area (Å²) < 4.78 is 12.0. The zero-order valence-electron chi connectivity index (χ0n) is 16.3. The number of benzene rings is 1. The monoisotopic (exact) mass is 426 g/mol. The first-order valence-electron chi connectivity index (χ1n) is 10.2. The molecule has 4 rings (SSSR count). The summed E-state index contributed by atoms with van der Waals surface area (Å²) in [5.41, 5.74) is 0.888. The zero-order valence-corrected chi connectivity index (χ0v) is 17.8. The molecule has 0 unspecified atom stereocenters. The second-order valence-corrected chi connectivity index (χ2v) is 8.97. The largest absolute Gasteiger partial charge is 0.347 e. The van der Waals surface area contributed by atoms with Crippen molar-refractivity contribution in [3.05, 3.63) is 33.8 Å². The molecule has 2 heterocycles. The van der Waals surface area contributed by atoms with E-state index in [4.69, 9.17) is 32.7 Å². The van der Waals surface area contributed by atoms with Crippen LogP contribution in [0.5, 0.6) is 0 Å². The van der Waals surface area contributed by atoms with Gasteiger partial charge in [-0.1, -0.05) is 29.3 Å². The molecule has 2 atom stereocenters. The normalized spacial score (nSPS) is 27.4. The highest BCUT2D eigenvalue weighted by molar-refractivity contribution is 6.42. The first-order chi connectivity index (χ1) is 13.5. The Morgan fingerprint density at radius 2 is 1.93 bits per heavy atom. The van der Waals surface area contributed by atoms with E-state index in [-0.39, 0.29) is 18.0 Å². The van der Waals surface area contributed by atoms with Gasteiger partial charge in [0.25, 0.3) is 0 Å². The average molecular weight is 427 g/mol. The number of amides is 1. The Kier molecular flexibility index (Phi) is 6.19. The molecule has 7 heteroatoms. The molecule has 0 aromatic heterocycles. The van der Waals surface area contributed by atoms with E-state index >= 15 is 0 Å². The summed E-state index contributed by atoms with van der Waals surface area (Å²) in [6.45, 7) is 3.52. The minimum absolute atomic E-state index is 0.108. The topological polar surface area (TPSA) is 42.0 Å². The first-order valence-corrected chi connectivity index (χ1v) is 10.9. The van der Waals surface area contributed by atoms with Crippen LogP contribution >= 0.6 is 23.2 Å². The number of likely N-dealkylation sites (N-methyl/N-ethyl adjacent to an activating group) is 1. The molecule has 1 aromatic rings. The van der Waals surface area contributed by atoms with Gasteiger partial charge in [-0.05, 0) is 50.0 Å². The molecule has 1 amide bonds. The van der Waals surface area contributed by atoms with Crippen LogP contribution in [0.15, 0.2) is 18.2 Å². The van der Waals surface area contributed by atoms with Crippen molar-refractivity contribution < 1.29 is 14.3 Å². The molecule has 0 N–H and O–H groups in total. The third-order valence-corrected chi connectivity index (χ3v) is 7.18. The number of hydrogen-bond acceptors (Lipinski definition) is 4. The van der Waals surface area contributed by atoms with Gasteiger partial charge in [0.2, 0.25) is 5.91 Å². The van der Waals surface area contributed by atoms with Gasteiger partial charge in [0.05, 0.1) is 29.7 Å². The van der Waals surface area contributed by atoms with Crippen molar-refractivity contribution in [2.75, 3.05) is 33.4 Å². The minimum Gasteiger partial charge on any atom is -0.347 e. The van der Waals surface area contributed by atoms with Crippen LogP contribution in [-0.2, 0) is 20.7 Å². The second kappa shape index (κ2) is 8.49. The molecule has 154 valence electrons. The van der Waals surface area contributed by atoms with Gasteiger partial charge in [-0.25, -0.2) is 0 Å². The van der Waals surface area contributed by atoms with Crippen LogP contribution in [0.2, 0.25) is 10.0 Å². The van der Waals surface area contributed by atoms with Gasteiger partial charge in [0, 0.05) is 32.0 Å². The van der Waals surface area contributed by atoms with Gasteiger partial charge in [-0.15, -0.1) is 0 Å². The van der Waals surface area contributed by atoms with E-state index in [9.17, 15) is 4.79 Å². The Morgan fingerprint density at radius 3 is 2.61 bits per heavy atom. The maximum atomic E-state index is 13.0. The van der Waals surface area contributed by atoms with Crippen molar-refractivity contribution in [1.29, 1.82) is 0 Å². The molecule has 1 spiro atoms. The number of rotatable bonds is 4. The standard InChI is InChI=1S/C21H28Cl2N2O3/c1-24(20(26)13-15-4-5-16(22)17(23)12-15)18-6-7-21(27-10-11-28-21)14-19(18)25-8-2-3-9-25/h4-5,12,18-19H,2-3,6-11,13-14H2,1H3/t18-,19-/m1/s1.